The molecule has 1 aliphatic rings. The lowest BCUT2D eigenvalue weighted by Gasteiger charge is -2.29. The third-order valence-corrected chi connectivity index (χ3v) is 7.07. The molecule has 130 valence electrons. The number of carbonyl (C=O) groups excluding carboxylic acids is 1. The van der Waals surface area contributed by atoms with Gasteiger partial charge in [-0.15, -0.1) is 10.2 Å². The molecule has 1 N–H and O–H groups in total. The van der Waals surface area contributed by atoms with Gasteiger partial charge in [0.2, 0.25) is 21.1 Å². The molecule has 2 heterocycles. The standard InChI is InChI=1S/C13H22N4O3S3/c1-9(2)8-21-13-16-15-12(22-13)14-11(18)10-5-4-6-17(7-10)23(3,19)20/h9-10H,4-8H2,1-3H3,(H,14,15,18). The van der Waals surface area contributed by atoms with E-state index in [4.69, 9.17) is 0 Å². The molecular weight excluding hydrogens is 356 g/mol. The Kier molecular flexibility index (Phi) is 6.40. The first kappa shape index (κ1) is 18.6. The fourth-order valence-electron chi connectivity index (χ4n) is 2.22. The largest absolute Gasteiger partial charge is 0.300 e. The molecule has 1 atom stereocenters. The summed E-state index contributed by atoms with van der Waals surface area (Å²) >= 11 is 2.97. The highest BCUT2D eigenvalue weighted by Gasteiger charge is 2.30. The summed E-state index contributed by atoms with van der Waals surface area (Å²) in [6, 6.07) is 0. The molecule has 1 unspecified atom stereocenters. The van der Waals surface area contributed by atoms with Gasteiger partial charge in [-0.25, -0.2) is 12.7 Å². The van der Waals surface area contributed by atoms with Crippen molar-refractivity contribution >= 4 is 44.2 Å². The normalized spacial score (nSPS) is 19.9. The van der Waals surface area contributed by atoms with Crippen molar-refractivity contribution in [3.8, 4) is 0 Å². The zero-order chi connectivity index (χ0) is 17.0. The van der Waals surface area contributed by atoms with Crippen molar-refractivity contribution in [1.29, 1.82) is 0 Å². The van der Waals surface area contributed by atoms with Crippen molar-refractivity contribution in [2.24, 2.45) is 11.8 Å². The van der Waals surface area contributed by atoms with Crippen molar-refractivity contribution in [1.82, 2.24) is 14.5 Å². The van der Waals surface area contributed by atoms with Crippen LogP contribution in [0.25, 0.3) is 0 Å². The van der Waals surface area contributed by atoms with Crippen LogP contribution in [0.15, 0.2) is 4.34 Å². The second-order valence-electron chi connectivity index (χ2n) is 6.03. The van der Waals surface area contributed by atoms with E-state index in [1.807, 2.05) is 0 Å². The van der Waals surface area contributed by atoms with Gasteiger partial charge in [0, 0.05) is 18.8 Å². The van der Waals surface area contributed by atoms with E-state index >= 15 is 0 Å². The number of hydrogen-bond donors (Lipinski definition) is 1. The number of anilines is 1. The van der Waals surface area contributed by atoms with E-state index in [2.05, 4.69) is 29.4 Å². The molecule has 1 aromatic rings. The van der Waals surface area contributed by atoms with Crippen LogP contribution < -0.4 is 5.32 Å². The fourth-order valence-corrected chi connectivity index (χ4v) is 4.86. The Labute approximate surface area is 145 Å². The molecule has 2 rings (SSSR count). The number of thioether (sulfide) groups is 1. The lowest BCUT2D eigenvalue weighted by atomic mass is 9.99. The summed E-state index contributed by atoms with van der Waals surface area (Å²) in [5.41, 5.74) is 0. The molecule has 1 amide bonds. The second-order valence-corrected chi connectivity index (χ2v) is 10.3. The summed E-state index contributed by atoms with van der Waals surface area (Å²) in [4.78, 5) is 12.3. The average molecular weight is 379 g/mol. The van der Waals surface area contributed by atoms with E-state index in [0.29, 0.717) is 30.4 Å². The van der Waals surface area contributed by atoms with Gasteiger partial charge in [0.15, 0.2) is 4.34 Å². The second kappa shape index (κ2) is 7.91. The van der Waals surface area contributed by atoms with Crippen LogP contribution in [0.1, 0.15) is 26.7 Å². The Balaban J connectivity index is 1.91. The Morgan fingerprint density at radius 3 is 2.87 bits per heavy atom. The van der Waals surface area contributed by atoms with Crippen molar-refractivity contribution < 1.29 is 13.2 Å². The summed E-state index contributed by atoms with van der Waals surface area (Å²) < 4.78 is 25.4. The number of carbonyl (C=O) groups is 1. The summed E-state index contributed by atoms with van der Waals surface area (Å²) in [7, 11) is -3.25. The van der Waals surface area contributed by atoms with E-state index < -0.39 is 10.0 Å². The van der Waals surface area contributed by atoms with Crippen LogP contribution in [0, 0.1) is 11.8 Å². The molecule has 7 nitrogen and oxygen atoms in total. The van der Waals surface area contributed by atoms with Crippen LogP contribution in [0.5, 0.6) is 0 Å². The maximum atomic E-state index is 12.3. The van der Waals surface area contributed by atoms with Gasteiger partial charge in [-0.2, -0.15) is 0 Å². The van der Waals surface area contributed by atoms with E-state index in [0.717, 1.165) is 10.1 Å². The Hall–Kier alpha value is -0.710. The molecule has 1 aromatic heterocycles. The molecule has 0 saturated carbocycles. The zero-order valence-corrected chi connectivity index (χ0v) is 15.9. The van der Waals surface area contributed by atoms with Gasteiger partial charge in [0.25, 0.3) is 0 Å². The quantitative estimate of drug-likeness (QED) is 0.600. The Morgan fingerprint density at radius 2 is 2.22 bits per heavy atom. The van der Waals surface area contributed by atoms with Gasteiger partial charge in [-0.1, -0.05) is 36.9 Å². The Bertz CT molecular complexity index is 645. The summed E-state index contributed by atoms with van der Waals surface area (Å²) in [6.07, 6.45) is 2.55. The first-order valence-electron chi connectivity index (χ1n) is 7.48. The number of aromatic nitrogens is 2. The first-order chi connectivity index (χ1) is 10.8. The lowest BCUT2D eigenvalue weighted by molar-refractivity contribution is -0.120. The predicted octanol–water partition coefficient (Wildman–Crippen LogP) is 1.90. The van der Waals surface area contributed by atoms with Gasteiger partial charge < -0.3 is 5.32 Å². The van der Waals surface area contributed by atoms with Crippen molar-refractivity contribution in [3.05, 3.63) is 0 Å². The number of nitrogens with one attached hydrogen (secondary N) is 1. The summed E-state index contributed by atoms with van der Waals surface area (Å²) in [5.74, 6) is 0.990. The van der Waals surface area contributed by atoms with Crippen LogP contribution in [-0.4, -0.2) is 53.9 Å². The molecule has 1 saturated heterocycles. The van der Waals surface area contributed by atoms with E-state index in [-0.39, 0.29) is 18.4 Å². The zero-order valence-electron chi connectivity index (χ0n) is 13.5. The van der Waals surface area contributed by atoms with Gasteiger partial charge in [-0.3, -0.25) is 4.79 Å². The molecular formula is C13H22N4O3S3. The van der Waals surface area contributed by atoms with E-state index in [1.54, 1.807) is 11.8 Å². The van der Waals surface area contributed by atoms with Crippen LogP contribution >= 0.6 is 23.1 Å². The Morgan fingerprint density at radius 1 is 1.48 bits per heavy atom. The molecule has 0 spiro atoms. The van der Waals surface area contributed by atoms with Crippen LogP contribution in [-0.2, 0) is 14.8 Å². The van der Waals surface area contributed by atoms with Crippen molar-refractivity contribution in [2.45, 2.75) is 31.0 Å². The van der Waals surface area contributed by atoms with E-state index in [1.165, 1.54) is 21.9 Å². The SMILES string of the molecule is CC(C)CSc1nnc(NC(=O)C2CCCN(S(C)(=O)=O)C2)s1. The van der Waals surface area contributed by atoms with Crippen LogP contribution in [0.2, 0.25) is 0 Å². The maximum absolute atomic E-state index is 12.3. The first-order valence-corrected chi connectivity index (χ1v) is 11.1. The van der Waals surface area contributed by atoms with Gasteiger partial charge in [0.05, 0.1) is 12.2 Å². The number of rotatable bonds is 6. The molecule has 10 heteroatoms. The molecule has 0 aromatic carbocycles. The number of nitrogens with zero attached hydrogens (tertiary/aromatic N) is 3. The molecule has 1 aliphatic heterocycles. The summed E-state index contributed by atoms with van der Waals surface area (Å²) in [6.45, 7) is 4.98. The number of amides is 1. The maximum Gasteiger partial charge on any atom is 0.230 e. The molecule has 0 aliphatic carbocycles. The van der Waals surface area contributed by atoms with Gasteiger partial charge in [0.1, 0.15) is 0 Å². The minimum Gasteiger partial charge on any atom is -0.300 e. The molecule has 23 heavy (non-hydrogen) atoms. The highest BCUT2D eigenvalue weighted by molar-refractivity contribution is 8.01. The third-order valence-electron chi connectivity index (χ3n) is 3.40. The molecule has 0 bridgehead atoms. The monoisotopic (exact) mass is 378 g/mol. The smallest absolute Gasteiger partial charge is 0.230 e. The number of hydrogen-bond acceptors (Lipinski definition) is 7. The van der Waals surface area contributed by atoms with Crippen molar-refractivity contribution in [3.63, 3.8) is 0 Å². The third kappa shape index (κ3) is 5.70. The highest BCUT2D eigenvalue weighted by Crippen LogP contribution is 2.28. The summed E-state index contributed by atoms with van der Waals surface area (Å²) in [5, 5.41) is 11.3. The van der Waals surface area contributed by atoms with Crippen LogP contribution in [0.4, 0.5) is 5.13 Å². The van der Waals surface area contributed by atoms with Gasteiger partial charge in [-0.05, 0) is 18.8 Å². The minimum absolute atomic E-state index is 0.185. The highest BCUT2D eigenvalue weighted by atomic mass is 32.2. The number of piperidine rings is 1. The minimum atomic E-state index is -3.25. The van der Waals surface area contributed by atoms with Crippen molar-refractivity contribution in [2.75, 3.05) is 30.4 Å². The average Bonchev–Trinajstić information content (AvgIpc) is 2.92. The molecule has 1 fully saturated rings. The lowest BCUT2D eigenvalue weighted by Crippen LogP contribution is -2.43. The number of sulfonamides is 1. The van der Waals surface area contributed by atoms with E-state index in [9.17, 15) is 13.2 Å². The van der Waals surface area contributed by atoms with Crippen LogP contribution in [0.3, 0.4) is 0 Å². The fraction of sp³-hybridized carbons (Fsp3) is 0.769. The van der Waals surface area contributed by atoms with Gasteiger partial charge >= 0.3 is 0 Å². The molecule has 0 radical (unpaired) electrons. The predicted molar refractivity (Wildman–Crippen MR) is 93.2 cm³/mol. The topological polar surface area (TPSA) is 92.3 Å².